The first kappa shape index (κ1) is 20.8. The summed E-state index contributed by atoms with van der Waals surface area (Å²) in [6, 6.07) is 1.93. The van der Waals surface area contributed by atoms with E-state index in [0.717, 1.165) is 30.5 Å². The fourth-order valence-electron chi connectivity index (χ4n) is 2.90. The molecule has 1 unspecified atom stereocenters. The van der Waals surface area contributed by atoms with Crippen LogP contribution in [0.3, 0.4) is 0 Å². The number of carboxylic acid groups (broad SMARTS) is 1. The molecule has 0 aromatic carbocycles. The fourth-order valence-corrected chi connectivity index (χ4v) is 2.90. The molecule has 1 amide bonds. The molecular formula is C17H27N5O5. The van der Waals surface area contributed by atoms with Crippen molar-refractivity contribution in [1.82, 2.24) is 14.9 Å². The van der Waals surface area contributed by atoms with Crippen LogP contribution in [0.4, 0.5) is 11.8 Å². The number of ether oxygens (including phenoxy) is 2. The number of aromatic nitrogens is 2. The molecule has 2 aliphatic rings. The molecular weight excluding hydrogens is 354 g/mol. The maximum Gasteiger partial charge on any atom is 0.290 e. The Morgan fingerprint density at radius 3 is 2.70 bits per heavy atom. The summed E-state index contributed by atoms with van der Waals surface area (Å²) in [5.74, 6) is 1.61. The van der Waals surface area contributed by atoms with E-state index in [0.29, 0.717) is 39.5 Å². The molecule has 27 heavy (non-hydrogen) atoms. The molecule has 0 aliphatic carbocycles. The van der Waals surface area contributed by atoms with Gasteiger partial charge in [-0.05, 0) is 6.92 Å². The van der Waals surface area contributed by atoms with Gasteiger partial charge >= 0.3 is 0 Å². The zero-order valence-electron chi connectivity index (χ0n) is 15.8. The minimum atomic E-state index is -0.250. The summed E-state index contributed by atoms with van der Waals surface area (Å²) >= 11 is 0. The van der Waals surface area contributed by atoms with Crippen LogP contribution in [0, 0.1) is 6.92 Å². The van der Waals surface area contributed by atoms with Crippen molar-refractivity contribution in [2.45, 2.75) is 20.0 Å². The van der Waals surface area contributed by atoms with Crippen molar-refractivity contribution in [2.24, 2.45) is 0 Å². The van der Waals surface area contributed by atoms with E-state index < -0.39 is 0 Å². The third-order valence-electron chi connectivity index (χ3n) is 4.23. The molecule has 0 radical (unpaired) electrons. The average Bonchev–Trinajstić information content (AvgIpc) is 2.67. The van der Waals surface area contributed by atoms with E-state index in [1.807, 2.05) is 17.9 Å². The van der Waals surface area contributed by atoms with Crippen molar-refractivity contribution in [2.75, 3.05) is 62.8 Å². The zero-order chi connectivity index (χ0) is 19.6. The Morgan fingerprint density at radius 1 is 1.33 bits per heavy atom. The van der Waals surface area contributed by atoms with E-state index >= 15 is 0 Å². The Bertz CT molecular complexity index is 624. The highest BCUT2D eigenvalue weighted by molar-refractivity contribution is 5.73. The standard InChI is InChI=1S/C16H25N5O3.CH2O2/c1-12-9-15(19-16(18-12)20-3-6-23-7-4-20)17-10-14-11-21(13(2)22)5-8-24-14;2-1-3/h9,14H,3-8,10-11H2,1-2H3,(H,17,18,19);1H,(H,2,3). The number of hydrogen-bond acceptors (Lipinski definition) is 8. The summed E-state index contributed by atoms with van der Waals surface area (Å²) in [5, 5.41) is 10.2. The van der Waals surface area contributed by atoms with Gasteiger partial charge in [0.1, 0.15) is 5.82 Å². The topological polar surface area (TPSA) is 117 Å². The van der Waals surface area contributed by atoms with Gasteiger partial charge in [0.15, 0.2) is 0 Å². The van der Waals surface area contributed by atoms with Crippen LogP contribution in [-0.2, 0) is 19.1 Å². The molecule has 1 aromatic heterocycles. The Morgan fingerprint density at radius 2 is 2.04 bits per heavy atom. The molecule has 3 heterocycles. The molecule has 0 saturated carbocycles. The van der Waals surface area contributed by atoms with E-state index in [9.17, 15) is 4.79 Å². The smallest absolute Gasteiger partial charge is 0.290 e. The molecule has 2 aliphatic heterocycles. The monoisotopic (exact) mass is 381 g/mol. The number of nitrogens with zero attached hydrogens (tertiary/aromatic N) is 4. The van der Waals surface area contributed by atoms with Gasteiger partial charge in [-0.3, -0.25) is 9.59 Å². The molecule has 0 spiro atoms. The predicted octanol–water partition coefficient (Wildman–Crippen LogP) is -0.0184. The van der Waals surface area contributed by atoms with Crippen molar-refractivity contribution in [1.29, 1.82) is 0 Å². The largest absolute Gasteiger partial charge is 0.483 e. The predicted molar refractivity (Wildman–Crippen MR) is 99.0 cm³/mol. The second kappa shape index (κ2) is 10.6. The number of rotatable bonds is 4. The minimum absolute atomic E-state index is 0.0234. The van der Waals surface area contributed by atoms with Crippen LogP contribution >= 0.6 is 0 Å². The van der Waals surface area contributed by atoms with Crippen molar-refractivity contribution < 1.29 is 24.2 Å². The first-order valence-corrected chi connectivity index (χ1v) is 8.90. The number of aryl methyl sites for hydroxylation is 1. The van der Waals surface area contributed by atoms with Gasteiger partial charge in [-0.2, -0.15) is 4.98 Å². The number of carbonyl (C=O) groups excluding carboxylic acids is 1. The van der Waals surface area contributed by atoms with Gasteiger partial charge in [-0.25, -0.2) is 4.98 Å². The number of amides is 1. The van der Waals surface area contributed by atoms with Crippen molar-refractivity contribution >= 4 is 24.1 Å². The zero-order valence-corrected chi connectivity index (χ0v) is 15.8. The van der Waals surface area contributed by atoms with Crippen molar-refractivity contribution in [3.63, 3.8) is 0 Å². The maximum absolute atomic E-state index is 11.5. The minimum Gasteiger partial charge on any atom is -0.483 e. The van der Waals surface area contributed by atoms with E-state index in [-0.39, 0.29) is 18.5 Å². The molecule has 2 N–H and O–H groups in total. The van der Waals surface area contributed by atoms with Crippen LogP contribution in [-0.4, -0.2) is 91.0 Å². The second-order valence-electron chi connectivity index (χ2n) is 6.24. The summed E-state index contributed by atoms with van der Waals surface area (Å²) in [6.07, 6.45) is -0.0234. The SMILES string of the molecule is CC(=O)N1CCOC(CNc2cc(C)nc(N3CCOCC3)n2)C1.O=CO. The summed E-state index contributed by atoms with van der Waals surface area (Å²) in [4.78, 5) is 32.9. The molecule has 10 heteroatoms. The first-order chi connectivity index (χ1) is 13.0. The fraction of sp³-hybridized carbons (Fsp3) is 0.647. The van der Waals surface area contributed by atoms with Gasteiger partial charge in [-0.1, -0.05) is 0 Å². The van der Waals surface area contributed by atoms with Crippen LogP contribution in [0.5, 0.6) is 0 Å². The average molecular weight is 381 g/mol. The molecule has 1 atom stereocenters. The molecule has 150 valence electrons. The van der Waals surface area contributed by atoms with Crippen LogP contribution in [0.2, 0.25) is 0 Å². The molecule has 2 fully saturated rings. The molecule has 10 nitrogen and oxygen atoms in total. The van der Waals surface area contributed by atoms with E-state index in [1.165, 1.54) is 0 Å². The Hall–Kier alpha value is -2.46. The highest BCUT2D eigenvalue weighted by Crippen LogP contribution is 2.15. The van der Waals surface area contributed by atoms with Crippen LogP contribution in [0.25, 0.3) is 0 Å². The van der Waals surface area contributed by atoms with Gasteiger partial charge in [0.2, 0.25) is 11.9 Å². The summed E-state index contributed by atoms with van der Waals surface area (Å²) in [7, 11) is 0. The summed E-state index contributed by atoms with van der Waals surface area (Å²) in [6.45, 7) is 8.81. The van der Waals surface area contributed by atoms with Gasteiger partial charge in [0, 0.05) is 51.4 Å². The van der Waals surface area contributed by atoms with Crippen LogP contribution in [0.1, 0.15) is 12.6 Å². The highest BCUT2D eigenvalue weighted by Gasteiger charge is 2.22. The number of hydrogen-bond donors (Lipinski definition) is 2. The quantitative estimate of drug-likeness (QED) is 0.694. The Balaban J connectivity index is 0.000000817. The third-order valence-corrected chi connectivity index (χ3v) is 4.23. The van der Waals surface area contributed by atoms with Gasteiger partial charge in [0.25, 0.3) is 6.47 Å². The van der Waals surface area contributed by atoms with Crippen LogP contribution in [0.15, 0.2) is 6.07 Å². The third kappa shape index (κ3) is 6.65. The normalized spacial score (nSPS) is 19.7. The van der Waals surface area contributed by atoms with Gasteiger partial charge in [0.05, 0.1) is 25.9 Å². The summed E-state index contributed by atoms with van der Waals surface area (Å²) in [5.41, 5.74) is 0.920. The van der Waals surface area contributed by atoms with E-state index in [2.05, 4.69) is 20.2 Å². The Kier molecular flexibility index (Phi) is 8.21. The first-order valence-electron chi connectivity index (χ1n) is 8.90. The molecule has 3 rings (SSSR count). The molecule has 2 saturated heterocycles. The number of nitrogens with one attached hydrogen (secondary N) is 1. The van der Waals surface area contributed by atoms with E-state index in [1.54, 1.807) is 6.92 Å². The molecule has 0 bridgehead atoms. The summed E-state index contributed by atoms with van der Waals surface area (Å²) < 4.78 is 11.1. The second-order valence-corrected chi connectivity index (χ2v) is 6.24. The van der Waals surface area contributed by atoms with Crippen LogP contribution < -0.4 is 10.2 Å². The lowest BCUT2D eigenvalue weighted by Gasteiger charge is -2.32. The molecule has 1 aromatic rings. The number of carbonyl (C=O) groups is 2. The number of anilines is 2. The Labute approximate surface area is 158 Å². The highest BCUT2D eigenvalue weighted by atomic mass is 16.5. The lowest BCUT2D eigenvalue weighted by Crippen LogP contribution is -2.47. The maximum atomic E-state index is 11.5. The van der Waals surface area contributed by atoms with Crippen molar-refractivity contribution in [3.8, 4) is 0 Å². The lowest BCUT2D eigenvalue weighted by molar-refractivity contribution is -0.135. The van der Waals surface area contributed by atoms with Gasteiger partial charge in [-0.15, -0.1) is 0 Å². The van der Waals surface area contributed by atoms with Gasteiger partial charge < -0.3 is 29.7 Å². The van der Waals surface area contributed by atoms with Crippen molar-refractivity contribution in [3.05, 3.63) is 11.8 Å². The number of morpholine rings is 2. The lowest BCUT2D eigenvalue weighted by atomic mass is 10.2. The van der Waals surface area contributed by atoms with E-state index in [4.69, 9.17) is 19.4 Å².